The largest absolute Gasteiger partial charge is 0.376 e. The number of amides is 2. The molecule has 1 heterocycles. The van der Waals surface area contributed by atoms with Crippen molar-refractivity contribution in [2.75, 3.05) is 24.2 Å². The van der Waals surface area contributed by atoms with Gasteiger partial charge in [-0.3, -0.25) is 9.59 Å². The Morgan fingerprint density at radius 3 is 2.71 bits per heavy atom. The number of halogens is 1. The van der Waals surface area contributed by atoms with Crippen LogP contribution in [0, 0.1) is 5.82 Å². The third kappa shape index (κ3) is 5.81. The van der Waals surface area contributed by atoms with Crippen LogP contribution in [-0.2, 0) is 15.3 Å². The summed E-state index contributed by atoms with van der Waals surface area (Å²) in [5, 5.41) is 5.64. The van der Waals surface area contributed by atoms with E-state index in [0.29, 0.717) is 29.1 Å². The van der Waals surface area contributed by atoms with Crippen LogP contribution in [0.2, 0.25) is 0 Å². The number of nitrogens with one attached hydrogen (secondary N) is 2. The average molecular weight is 402 g/mol. The van der Waals surface area contributed by atoms with Crippen LogP contribution in [-0.4, -0.2) is 36.8 Å². The number of para-hydroxylation sites is 1. The second-order valence-electron chi connectivity index (χ2n) is 6.52. The molecule has 3 rings (SSSR count). The highest BCUT2D eigenvalue weighted by Gasteiger charge is 2.18. The Hall–Kier alpha value is -2.38. The molecule has 0 unspecified atom stereocenters. The molecule has 2 amide bonds. The Labute approximate surface area is 168 Å². The van der Waals surface area contributed by atoms with Crippen molar-refractivity contribution in [2.45, 2.75) is 24.7 Å². The van der Waals surface area contributed by atoms with Crippen LogP contribution in [0.5, 0.6) is 0 Å². The van der Waals surface area contributed by atoms with Crippen molar-refractivity contribution in [3.63, 3.8) is 0 Å². The normalized spacial score (nSPS) is 16.0. The smallest absolute Gasteiger partial charge is 0.253 e. The average Bonchev–Trinajstić information content (AvgIpc) is 3.22. The molecule has 0 bridgehead atoms. The van der Waals surface area contributed by atoms with Crippen LogP contribution in [0.3, 0.4) is 0 Å². The molecule has 7 heteroatoms. The van der Waals surface area contributed by atoms with Crippen LogP contribution in [0.4, 0.5) is 10.1 Å². The second kappa shape index (κ2) is 10.2. The van der Waals surface area contributed by atoms with E-state index in [2.05, 4.69) is 10.6 Å². The van der Waals surface area contributed by atoms with E-state index in [-0.39, 0.29) is 29.5 Å². The molecule has 5 nitrogen and oxygen atoms in total. The van der Waals surface area contributed by atoms with Gasteiger partial charge in [-0.25, -0.2) is 4.39 Å². The van der Waals surface area contributed by atoms with Crippen molar-refractivity contribution in [1.29, 1.82) is 0 Å². The molecule has 28 heavy (non-hydrogen) atoms. The molecule has 1 aliphatic heterocycles. The third-order valence-electron chi connectivity index (χ3n) is 4.41. The number of hydrogen-bond donors (Lipinski definition) is 2. The first-order chi connectivity index (χ1) is 13.6. The minimum atomic E-state index is -0.274. The van der Waals surface area contributed by atoms with Gasteiger partial charge >= 0.3 is 0 Å². The van der Waals surface area contributed by atoms with Gasteiger partial charge in [-0.2, -0.15) is 0 Å². The van der Waals surface area contributed by atoms with Gasteiger partial charge < -0.3 is 15.4 Å². The number of anilines is 1. The molecule has 1 aliphatic rings. The van der Waals surface area contributed by atoms with Crippen LogP contribution in [0.1, 0.15) is 28.8 Å². The summed E-state index contributed by atoms with van der Waals surface area (Å²) in [6, 6.07) is 13.4. The van der Waals surface area contributed by atoms with Crippen LogP contribution >= 0.6 is 11.8 Å². The first-order valence-electron chi connectivity index (χ1n) is 9.23. The zero-order chi connectivity index (χ0) is 19.8. The van der Waals surface area contributed by atoms with E-state index in [1.54, 1.807) is 42.5 Å². The lowest BCUT2D eigenvalue weighted by molar-refractivity contribution is -0.113. The van der Waals surface area contributed by atoms with Crippen molar-refractivity contribution < 1.29 is 18.7 Å². The van der Waals surface area contributed by atoms with E-state index in [1.807, 2.05) is 0 Å². The zero-order valence-electron chi connectivity index (χ0n) is 15.4. The van der Waals surface area contributed by atoms with Gasteiger partial charge in [-0.1, -0.05) is 30.3 Å². The molecule has 0 radical (unpaired) electrons. The minimum Gasteiger partial charge on any atom is -0.376 e. The number of hydrogen-bond acceptors (Lipinski definition) is 4. The maximum absolute atomic E-state index is 13.6. The predicted molar refractivity (Wildman–Crippen MR) is 109 cm³/mol. The van der Waals surface area contributed by atoms with Crippen molar-refractivity contribution in [2.24, 2.45) is 0 Å². The highest BCUT2D eigenvalue weighted by molar-refractivity contribution is 7.99. The summed E-state index contributed by atoms with van der Waals surface area (Å²) in [5.41, 5.74) is 1.44. The Bertz CT molecular complexity index is 825. The standard InChI is InChI=1S/C21H23FN2O3S/c22-18-9-3-1-6-15(18)13-28-14-20(25)24-19-10-4-2-8-17(19)21(26)23-12-16-7-5-11-27-16/h1-4,6,8-10,16H,5,7,11-14H2,(H,23,26)(H,24,25)/t16-/m0/s1. The zero-order valence-corrected chi connectivity index (χ0v) is 16.3. The van der Waals surface area contributed by atoms with Crippen molar-refractivity contribution >= 4 is 29.3 Å². The second-order valence-corrected chi connectivity index (χ2v) is 7.51. The molecule has 0 aliphatic carbocycles. The highest BCUT2D eigenvalue weighted by atomic mass is 32.2. The number of benzene rings is 2. The summed E-state index contributed by atoms with van der Waals surface area (Å²) in [6.07, 6.45) is 2.01. The fourth-order valence-electron chi connectivity index (χ4n) is 2.95. The fourth-order valence-corrected chi connectivity index (χ4v) is 3.77. The summed E-state index contributed by atoms with van der Waals surface area (Å²) >= 11 is 1.32. The van der Waals surface area contributed by atoms with Gasteiger partial charge in [0.15, 0.2) is 0 Å². The van der Waals surface area contributed by atoms with Crippen LogP contribution in [0.25, 0.3) is 0 Å². The molecule has 0 spiro atoms. The molecule has 148 valence electrons. The van der Waals surface area contributed by atoms with Crippen molar-refractivity contribution in [3.05, 3.63) is 65.5 Å². The number of ether oxygens (including phenoxy) is 1. The van der Waals surface area contributed by atoms with Crippen molar-refractivity contribution in [1.82, 2.24) is 5.32 Å². The van der Waals surface area contributed by atoms with E-state index in [4.69, 9.17) is 4.74 Å². The quantitative estimate of drug-likeness (QED) is 0.708. The van der Waals surface area contributed by atoms with Gasteiger partial charge in [0.25, 0.3) is 5.91 Å². The van der Waals surface area contributed by atoms with Crippen LogP contribution < -0.4 is 10.6 Å². The first kappa shape index (κ1) is 20.4. The molecule has 2 N–H and O–H groups in total. The lowest BCUT2D eigenvalue weighted by Crippen LogP contribution is -2.32. The van der Waals surface area contributed by atoms with Gasteiger partial charge in [0, 0.05) is 18.9 Å². The minimum absolute atomic E-state index is 0.0560. The molecular formula is C21H23FN2O3S. The lowest BCUT2D eigenvalue weighted by Gasteiger charge is -2.13. The summed E-state index contributed by atoms with van der Waals surface area (Å²) in [4.78, 5) is 24.7. The van der Waals surface area contributed by atoms with E-state index in [9.17, 15) is 14.0 Å². The molecule has 1 atom stereocenters. The van der Waals surface area contributed by atoms with Gasteiger partial charge in [0.2, 0.25) is 5.91 Å². The SMILES string of the molecule is O=C(CSCc1ccccc1F)Nc1ccccc1C(=O)NC[C@@H]1CCCO1. The maximum Gasteiger partial charge on any atom is 0.253 e. The Kier molecular flexibility index (Phi) is 7.45. The van der Waals surface area contributed by atoms with E-state index >= 15 is 0 Å². The number of carbonyl (C=O) groups is 2. The molecular weight excluding hydrogens is 379 g/mol. The first-order valence-corrected chi connectivity index (χ1v) is 10.4. The molecule has 1 fully saturated rings. The number of carbonyl (C=O) groups excluding carboxylic acids is 2. The summed E-state index contributed by atoms with van der Waals surface area (Å²) in [6.45, 7) is 1.19. The Morgan fingerprint density at radius 2 is 1.93 bits per heavy atom. The molecule has 0 aromatic heterocycles. The van der Waals surface area contributed by atoms with E-state index in [0.717, 1.165) is 19.4 Å². The van der Waals surface area contributed by atoms with Gasteiger partial charge in [-0.05, 0) is 36.6 Å². The number of thioether (sulfide) groups is 1. The highest BCUT2D eigenvalue weighted by Crippen LogP contribution is 2.18. The topological polar surface area (TPSA) is 67.4 Å². The third-order valence-corrected chi connectivity index (χ3v) is 5.39. The van der Waals surface area contributed by atoms with Gasteiger partial charge in [0.05, 0.1) is 23.1 Å². The summed E-state index contributed by atoms with van der Waals surface area (Å²) < 4.78 is 19.1. The molecule has 2 aromatic rings. The lowest BCUT2D eigenvalue weighted by atomic mass is 10.1. The maximum atomic E-state index is 13.6. The molecule has 0 saturated carbocycles. The fraction of sp³-hybridized carbons (Fsp3) is 0.333. The Balaban J connectivity index is 1.51. The van der Waals surface area contributed by atoms with Crippen molar-refractivity contribution in [3.8, 4) is 0 Å². The van der Waals surface area contributed by atoms with E-state index in [1.165, 1.54) is 17.8 Å². The predicted octanol–water partition coefficient (Wildman–Crippen LogP) is 3.61. The monoisotopic (exact) mass is 402 g/mol. The van der Waals surface area contributed by atoms with E-state index < -0.39 is 0 Å². The Morgan fingerprint density at radius 1 is 1.14 bits per heavy atom. The summed E-state index contributed by atoms with van der Waals surface area (Å²) in [5.74, 6) is -0.182. The molecule has 1 saturated heterocycles. The van der Waals surface area contributed by atoms with Gasteiger partial charge in [0.1, 0.15) is 5.82 Å². The molecule has 2 aromatic carbocycles. The van der Waals surface area contributed by atoms with Crippen LogP contribution in [0.15, 0.2) is 48.5 Å². The summed E-state index contributed by atoms with van der Waals surface area (Å²) in [7, 11) is 0. The van der Waals surface area contributed by atoms with Gasteiger partial charge in [-0.15, -0.1) is 11.8 Å². The number of rotatable bonds is 8.